The van der Waals surface area contributed by atoms with Gasteiger partial charge in [0.15, 0.2) is 0 Å². The number of hydrogen-bond donors (Lipinski definition) is 1. The first-order chi connectivity index (χ1) is 8.70. The number of tetrazole rings is 1. The first kappa shape index (κ1) is 11.7. The van der Waals surface area contributed by atoms with Crippen molar-refractivity contribution in [2.75, 3.05) is 0 Å². The Balaban J connectivity index is 2.18. The summed E-state index contributed by atoms with van der Waals surface area (Å²) in [6.45, 7) is 0.406. The number of benzene rings is 1. The fourth-order valence-corrected chi connectivity index (χ4v) is 1.39. The number of nitrogens with zero attached hydrogens (tertiary/aromatic N) is 5. The lowest BCUT2D eigenvalue weighted by atomic mass is 10.1. The number of carbonyl (C=O) groups excluding carboxylic acids is 1. The molecule has 90 valence electrons. The minimum Gasteiger partial charge on any atom is -0.366 e. The van der Waals surface area contributed by atoms with Gasteiger partial charge in [-0.3, -0.25) is 4.79 Å². The number of aryl methyl sites for hydroxylation is 1. The minimum atomic E-state index is -0.479. The third-order valence-electron chi connectivity index (χ3n) is 2.30. The molecule has 0 fully saturated rings. The Morgan fingerprint density at radius 1 is 1.39 bits per heavy atom. The summed E-state index contributed by atoms with van der Waals surface area (Å²) in [7, 11) is 0. The SMILES string of the molecule is N#CCCn1nnc(-c2ccc(C(N)=O)cc2)n1. The zero-order valence-corrected chi connectivity index (χ0v) is 9.45. The Hall–Kier alpha value is -2.75. The molecule has 18 heavy (non-hydrogen) atoms. The van der Waals surface area contributed by atoms with Crippen LogP contribution in [0, 0.1) is 11.3 Å². The first-order valence-electron chi connectivity index (χ1n) is 5.25. The lowest BCUT2D eigenvalue weighted by Gasteiger charge is -1.96. The predicted molar refractivity (Wildman–Crippen MR) is 62.0 cm³/mol. The molecule has 0 aliphatic carbocycles. The summed E-state index contributed by atoms with van der Waals surface area (Å²) >= 11 is 0. The van der Waals surface area contributed by atoms with Crippen LogP contribution < -0.4 is 5.73 Å². The number of aromatic nitrogens is 4. The number of nitrogens with two attached hydrogens (primary N) is 1. The van der Waals surface area contributed by atoms with E-state index in [0.717, 1.165) is 5.56 Å². The molecule has 0 saturated carbocycles. The second-order valence-electron chi connectivity index (χ2n) is 3.56. The topological polar surface area (TPSA) is 110 Å². The normalized spacial score (nSPS) is 9.94. The molecule has 0 radical (unpaired) electrons. The molecule has 2 aromatic rings. The molecule has 7 nitrogen and oxygen atoms in total. The zero-order valence-electron chi connectivity index (χ0n) is 9.45. The Bertz CT molecular complexity index is 595. The maximum Gasteiger partial charge on any atom is 0.248 e. The number of amides is 1. The van der Waals surface area contributed by atoms with Crippen LogP contribution in [0.4, 0.5) is 0 Å². The highest BCUT2D eigenvalue weighted by molar-refractivity contribution is 5.93. The van der Waals surface area contributed by atoms with E-state index in [4.69, 9.17) is 11.0 Å². The van der Waals surface area contributed by atoms with E-state index in [1.165, 1.54) is 4.80 Å². The second-order valence-corrected chi connectivity index (χ2v) is 3.56. The van der Waals surface area contributed by atoms with Crippen LogP contribution in [0.15, 0.2) is 24.3 Å². The van der Waals surface area contributed by atoms with Crippen molar-refractivity contribution in [2.45, 2.75) is 13.0 Å². The number of nitriles is 1. The van der Waals surface area contributed by atoms with Gasteiger partial charge >= 0.3 is 0 Å². The molecule has 1 aromatic heterocycles. The van der Waals surface area contributed by atoms with Crippen molar-refractivity contribution in [1.29, 1.82) is 5.26 Å². The molecule has 0 aliphatic heterocycles. The van der Waals surface area contributed by atoms with Gasteiger partial charge in [-0.1, -0.05) is 12.1 Å². The van der Waals surface area contributed by atoms with Crippen LogP contribution >= 0.6 is 0 Å². The molecule has 0 aliphatic rings. The van der Waals surface area contributed by atoms with Crippen LogP contribution in [-0.2, 0) is 6.54 Å². The van der Waals surface area contributed by atoms with E-state index >= 15 is 0 Å². The van der Waals surface area contributed by atoms with Crippen molar-refractivity contribution < 1.29 is 4.79 Å². The number of carbonyl (C=O) groups is 1. The average Bonchev–Trinajstić information content (AvgIpc) is 2.85. The van der Waals surface area contributed by atoms with Gasteiger partial charge in [0.1, 0.15) is 0 Å². The van der Waals surface area contributed by atoms with Gasteiger partial charge in [-0.25, -0.2) is 0 Å². The van der Waals surface area contributed by atoms with Crippen LogP contribution in [-0.4, -0.2) is 26.1 Å². The van der Waals surface area contributed by atoms with Gasteiger partial charge in [0.2, 0.25) is 11.7 Å². The molecule has 0 atom stereocenters. The van der Waals surface area contributed by atoms with E-state index in [1.54, 1.807) is 24.3 Å². The van der Waals surface area contributed by atoms with Gasteiger partial charge in [0, 0.05) is 11.1 Å². The Labute approximate surface area is 103 Å². The summed E-state index contributed by atoms with van der Waals surface area (Å²) in [6, 6.07) is 8.62. The highest BCUT2D eigenvalue weighted by atomic mass is 16.1. The van der Waals surface area contributed by atoms with E-state index in [9.17, 15) is 4.79 Å². The van der Waals surface area contributed by atoms with Crippen molar-refractivity contribution in [3.8, 4) is 17.5 Å². The maximum atomic E-state index is 10.9. The van der Waals surface area contributed by atoms with Gasteiger partial charge < -0.3 is 5.73 Å². The summed E-state index contributed by atoms with van der Waals surface area (Å²) in [6.07, 6.45) is 0.330. The van der Waals surface area contributed by atoms with Gasteiger partial charge in [0.25, 0.3) is 0 Å². The molecule has 7 heteroatoms. The van der Waals surface area contributed by atoms with Gasteiger partial charge in [0.05, 0.1) is 19.0 Å². The molecule has 2 rings (SSSR count). The van der Waals surface area contributed by atoms with E-state index in [1.807, 2.05) is 6.07 Å². The fraction of sp³-hybridized carbons (Fsp3) is 0.182. The van der Waals surface area contributed by atoms with Crippen LogP contribution in [0.3, 0.4) is 0 Å². The smallest absolute Gasteiger partial charge is 0.248 e. The second kappa shape index (κ2) is 5.05. The zero-order chi connectivity index (χ0) is 13.0. The Morgan fingerprint density at radius 2 is 2.11 bits per heavy atom. The molecule has 0 spiro atoms. The third-order valence-corrected chi connectivity index (χ3v) is 2.30. The van der Waals surface area contributed by atoms with Crippen LogP contribution in [0.25, 0.3) is 11.4 Å². The fourth-order valence-electron chi connectivity index (χ4n) is 1.39. The number of primary amides is 1. The Morgan fingerprint density at radius 3 is 2.72 bits per heavy atom. The largest absolute Gasteiger partial charge is 0.366 e. The molecule has 1 heterocycles. The molecule has 0 unspecified atom stereocenters. The third kappa shape index (κ3) is 2.49. The summed E-state index contributed by atoms with van der Waals surface area (Å²) in [5.41, 5.74) is 6.31. The highest BCUT2D eigenvalue weighted by Gasteiger charge is 2.06. The van der Waals surface area contributed by atoms with Crippen molar-refractivity contribution in [1.82, 2.24) is 20.2 Å². The minimum absolute atomic E-state index is 0.330. The molecule has 0 bridgehead atoms. The molecule has 2 N–H and O–H groups in total. The maximum absolute atomic E-state index is 10.9. The van der Waals surface area contributed by atoms with Crippen molar-refractivity contribution in [3.63, 3.8) is 0 Å². The predicted octanol–water partition coefficient (Wildman–Crippen LogP) is 0.353. The van der Waals surface area contributed by atoms with Crippen LogP contribution in [0.2, 0.25) is 0 Å². The summed E-state index contributed by atoms with van der Waals surface area (Å²) in [5.74, 6) is -0.0313. The van der Waals surface area contributed by atoms with Gasteiger partial charge in [-0.05, 0) is 17.3 Å². The number of hydrogen-bond acceptors (Lipinski definition) is 5. The van der Waals surface area contributed by atoms with Gasteiger partial charge in [-0.2, -0.15) is 10.1 Å². The monoisotopic (exact) mass is 242 g/mol. The van der Waals surface area contributed by atoms with Crippen molar-refractivity contribution in [2.24, 2.45) is 5.73 Å². The average molecular weight is 242 g/mol. The van der Waals surface area contributed by atoms with E-state index in [0.29, 0.717) is 24.4 Å². The lowest BCUT2D eigenvalue weighted by Crippen LogP contribution is -2.10. The molecule has 1 amide bonds. The van der Waals surface area contributed by atoms with Crippen LogP contribution in [0.1, 0.15) is 16.8 Å². The molecular weight excluding hydrogens is 232 g/mol. The first-order valence-corrected chi connectivity index (χ1v) is 5.25. The standard InChI is InChI=1S/C11H10N6O/c12-6-1-7-17-15-11(14-16-17)9-4-2-8(3-5-9)10(13)18/h2-5H,1,7H2,(H2,13,18). The highest BCUT2D eigenvalue weighted by Crippen LogP contribution is 2.14. The van der Waals surface area contributed by atoms with E-state index in [-0.39, 0.29) is 0 Å². The molecule has 0 saturated heterocycles. The van der Waals surface area contributed by atoms with E-state index < -0.39 is 5.91 Å². The summed E-state index contributed by atoms with van der Waals surface area (Å²) < 4.78 is 0. The molecular formula is C11H10N6O. The summed E-state index contributed by atoms with van der Waals surface area (Å²) in [5, 5.41) is 20.3. The molecule has 1 aromatic carbocycles. The summed E-state index contributed by atoms with van der Waals surface area (Å²) in [4.78, 5) is 12.3. The number of rotatable bonds is 4. The van der Waals surface area contributed by atoms with E-state index in [2.05, 4.69) is 15.4 Å². The van der Waals surface area contributed by atoms with Crippen LogP contribution in [0.5, 0.6) is 0 Å². The Kier molecular flexibility index (Phi) is 3.29. The van der Waals surface area contributed by atoms with Crippen molar-refractivity contribution in [3.05, 3.63) is 29.8 Å². The quantitative estimate of drug-likeness (QED) is 0.831. The lowest BCUT2D eigenvalue weighted by molar-refractivity contribution is 0.100. The van der Waals surface area contributed by atoms with Gasteiger partial charge in [-0.15, -0.1) is 10.2 Å². The van der Waals surface area contributed by atoms with Crippen molar-refractivity contribution >= 4 is 5.91 Å².